The van der Waals surface area contributed by atoms with Crippen molar-refractivity contribution in [3.05, 3.63) is 21.1 Å². The largest absolute Gasteiger partial charge is 0.399 e. The Kier molecular flexibility index (Phi) is 5.73. The van der Waals surface area contributed by atoms with E-state index >= 15 is 0 Å². The van der Waals surface area contributed by atoms with E-state index in [1.165, 1.54) is 23.6 Å². The van der Waals surface area contributed by atoms with E-state index in [1.807, 2.05) is 0 Å². The van der Waals surface area contributed by atoms with Gasteiger partial charge < -0.3 is 5.73 Å². The number of benzene rings is 1. The van der Waals surface area contributed by atoms with Crippen molar-refractivity contribution in [1.29, 1.82) is 0 Å². The molecule has 0 unspecified atom stereocenters. The lowest BCUT2D eigenvalue weighted by molar-refractivity contribution is 0.300. The normalized spacial score (nSPS) is 17.3. The molecule has 1 aromatic rings. The number of sulfonamides is 1. The molecule has 0 spiro atoms. The van der Waals surface area contributed by atoms with Crippen LogP contribution in [0.3, 0.4) is 0 Å². The fourth-order valence-electron chi connectivity index (χ4n) is 2.81. The van der Waals surface area contributed by atoms with Crippen LogP contribution in [0.4, 0.5) is 5.69 Å². The molecule has 21 heavy (non-hydrogen) atoms. The standard InChI is InChI=1S/C14H20Br2N2O2S/c1-18(9-10-5-3-2-4-6-10)21(19,20)14-12(15)7-11(17)8-13(14)16/h7-8,10H,2-6,9,17H2,1H3. The molecule has 0 saturated heterocycles. The van der Waals surface area contributed by atoms with Crippen LogP contribution in [0.2, 0.25) is 0 Å². The number of halogens is 2. The number of hydrogen-bond donors (Lipinski definition) is 1. The van der Waals surface area contributed by atoms with Crippen molar-refractivity contribution in [2.24, 2.45) is 5.92 Å². The Morgan fingerprint density at radius 1 is 1.19 bits per heavy atom. The predicted octanol–water partition coefficient (Wildman–Crippen LogP) is 3.99. The van der Waals surface area contributed by atoms with Crippen LogP contribution in [0.1, 0.15) is 32.1 Å². The topological polar surface area (TPSA) is 63.4 Å². The van der Waals surface area contributed by atoms with Gasteiger partial charge in [-0.1, -0.05) is 19.3 Å². The van der Waals surface area contributed by atoms with Gasteiger partial charge >= 0.3 is 0 Å². The van der Waals surface area contributed by atoms with Gasteiger partial charge in [-0.3, -0.25) is 0 Å². The van der Waals surface area contributed by atoms with Crippen LogP contribution >= 0.6 is 31.9 Å². The number of rotatable bonds is 4. The van der Waals surface area contributed by atoms with Crippen molar-refractivity contribution in [1.82, 2.24) is 4.31 Å². The van der Waals surface area contributed by atoms with E-state index < -0.39 is 10.0 Å². The molecule has 0 bridgehead atoms. The van der Waals surface area contributed by atoms with E-state index in [0.29, 0.717) is 27.1 Å². The van der Waals surface area contributed by atoms with Gasteiger partial charge in [-0.2, -0.15) is 0 Å². The zero-order valence-corrected chi connectivity index (χ0v) is 16.0. The molecule has 0 amide bonds. The summed E-state index contributed by atoms with van der Waals surface area (Å²) >= 11 is 6.62. The maximum absolute atomic E-state index is 12.8. The Labute approximate surface area is 143 Å². The molecule has 2 rings (SSSR count). The van der Waals surface area contributed by atoms with Crippen LogP contribution in [0, 0.1) is 5.92 Å². The van der Waals surface area contributed by atoms with E-state index in [4.69, 9.17) is 5.73 Å². The lowest BCUT2D eigenvalue weighted by Gasteiger charge is -2.27. The van der Waals surface area contributed by atoms with Crippen LogP contribution in [0.15, 0.2) is 26.0 Å². The zero-order valence-electron chi connectivity index (χ0n) is 12.0. The zero-order chi connectivity index (χ0) is 15.6. The van der Waals surface area contributed by atoms with E-state index in [0.717, 1.165) is 12.8 Å². The minimum Gasteiger partial charge on any atom is -0.399 e. The van der Waals surface area contributed by atoms with Crippen LogP contribution in [0.25, 0.3) is 0 Å². The van der Waals surface area contributed by atoms with Crippen molar-refractivity contribution in [3.63, 3.8) is 0 Å². The van der Waals surface area contributed by atoms with Crippen LogP contribution in [-0.4, -0.2) is 26.3 Å². The maximum Gasteiger partial charge on any atom is 0.245 e. The van der Waals surface area contributed by atoms with Crippen molar-refractivity contribution >= 4 is 47.6 Å². The lowest BCUT2D eigenvalue weighted by atomic mass is 9.89. The Hall–Kier alpha value is -0.110. The third kappa shape index (κ3) is 4.00. The SMILES string of the molecule is CN(CC1CCCCC1)S(=O)(=O)c1c(Br)cc(N)cc1Br. The summed E-state index contributed by atoms with van der Waals surface area (Å²) in [6.07, 6.45) is 5.90. The summed E-state index contributed by atoms with van der Waals surface area (Å²) in [5, 5.41) is 0. The molecule has 0 aromatic heterocycles. The molecular formula is C14H20Br2N2O2S. The van der Waals surface area contributed by atoms with Crippen LogP contribution in [-0.2, 0) is 10.0 Å². The van der Waals surface area contributed by atoms with Gasteiger partial charge in [-0.25, -0.2) is 12.7 Å². The molecule has 0 heterocycles. The number of nitrogens with zero attached hydrogens (tertiary/aromatic N) is 1. The Bertz CT molecular complexity index is 590. The second-order valence-electron chi connectivity index (χ2n) is 5.60. The summed E-state index contributed by atoms with van der Waals surface area (Å²) in [6.45, 7) is 0.575. The molecule has 4 nitrogen and oxygen atoms in total. The highest BCUT2D eigenvalue weighted by Gasteiger charge is 2.28. The Balaban J connectivity index is 2.24. The van der Waals surface area contributed by atoms with E-state index in [9.17, 15) is 8.42 Å². The predicted molar refractivity (Wildman–Crippen MR) is 92.6 cm³/mol. The molecule has 7 heteroatoms. The summed E-state index contributed by atoms with van der Waals surface area (Å²) in [4.78, 5) is 0.245. The molecule has 0 radical (unpaired) electrons. The average molecular weight is 440 g/mol. The van der Waals surface area contributed by atoms with Gasteiger partial charge in [0.15, 0.2) is 0 Å². The van der Waals surface area contributed by atoms with E-state index in [2.05, 4.69) is 31.9 Å². The van der Waals surface area contributed by atoms with Gasteiger partial charge in [0.2, 0.25) is 10.0 Å². The Morgan fingerprint density at radius 3 is 2.24 bits per heavy atom. The highest BCUT2D eigenvalue weighted by Crippen LogP contribution is 2.35. The quantitative estimate of drug-likeness (QED) is 0.721. The molecule has 1 aliphatic carbocycles. The smallest absolute Gasteiger partial charge is 0.245 e. The molecule has 1 aromatic carbocycles. The summed E-state index contributed by atoms with van der Waals surface area (Å²) < 4.78 is 28.0. The van der Waals surface area contributed by atoms with Gasteiger partial charge in [0.1, 0.15) is 4.90 Å². The number of hydrogen-bond acceptors (Lipinski definition) is 3. The van der Waals surface area contributed by atoms with Gasteiger partial charge in [-0.15, -0.1) is 0 Å². The van der Waals surface area contributed by atoms with Gasteiger partial charge in [0.05, 0.1) is 0 Å². The fraction of sp³-hybridized carbons (Fsp3) is 0.571. The van der Waals surface area contributed by atoms with Gasteiger partial charge in [-0.05, 0) is 62.8 Å². The van der Waals surface area contributed by atoms with Crippen LogP contribution < -0.4 is 5.73 Å². The summed E-state index contributed by atoms with van der Waals surface area (Å²) in [5.41, 5.74) is 6.25. The second kappa shape index (κ2) is 6.98. The lowest BCUT2D eigenvalue weighted by Crippen LogP contribution is -2.33. The molecule has 0 atom stereocenters. The summed E-state index contributed by atoms with van der Waals surface area (Å²) in [7, 11) is -1.88. The number of anilines is 1. The monoisotopic (exact) mass is 438 g/mol. The van der Waals surface area contributed by atoms with Gasteiger partial charge in [0, 0.05) is 28.2 Å². The number of nitrogens with two attached hydrogens (primary N) is 1. The first-order valence-electron chi connectivity index (χ1n) is 7.03. The second-order valence-corrected chi connectivity index (χ2v) is 9.29. The summed E-state index contributed by atoms with van der Waals surface area (Å²) in [6, 6.07) is 3.23. The molecule has 118 valence electrons. The highest BCUT2D eigenvalue weighted by atomic mass is 79.9. The first-order chi connectivity index (χ1) is 9.82. The van der Waals surface area contributed by atoms with Gasteiger partial charge in [0.25, 0.3) is 0 Å². The average Bonchev–Trinajstić information content (AvgIpc) is 2.38. The summed E-state index contributed by atoms with van der Waals surface area (Å²) in [5.74, 6) is 0.463. The maximum atomic E-state index is 12.8. The third-order valence-corrected chi connectivity index (χ3v) is 7.63. The fourth-order valence-corrected chi connectivity index (χ4v) is 6.59. The molecule has 2 N–H and O–H groups in total. The molecular weight excluding hydrogens is 420 g/mol. The van der Waals surface area contributed by atoms with Crippen molar-refractivity contribution in [3.8, 4) is 0 Å². The molecule has 1 aliphatic rings. The molecule has 1 fully saturated rings. The van der Waals surface area contributed by atoms with Crippen LogP contribution in [0.5, 0.6) is 0 Å². The highest BCUT2D eigenvalue weighted by molar-refractivity contribution is 9.11. The van der Waals surface area contributed by atoms with Crippen molar-refractivity contribution in [2.45, 2.75) is 37.0 Å². The minimum absolute atomic E-state index is 0.245. The van der Waals surface area contributed by atoms with Crippen molar-refractivity contribution in [2.75, 3.05) is 19.3 Å². The first-order valence-corrected chi connectivity index (χ1v) is 10.1. The van der Waals surface area contributed by atoms with E-state index in [-0.39, 0.29) is 4.90 Å². The minimum atomic E-state index is -3.53. The molecule has 0 aliphatic heterocycles. The molecule has 1 saturated carbocycles. The van der Waals surface area contributed by atoms with E-state index in [1.54, 1.807) is 19.2 Å². The van der Waals surface area contributed by atoms with Crippen molar-refractivity contribution < 1.29 is 8.42 Å². The first kappa shape index (κ1) is 17.2. The Morgan fingerprint density at radius 2 is 1.71 bits per heavy atom. The third-order valence-electron chi connectivity index (χ3n) is 3.93. The number of nitrogen functional groups attached to an aromatic ring is 1.